The number of hydrogen-bond donors (Lipinski definition) is 1. The van der Waals surface area contributed by atoms with Crippen LogP contribution in [0.4, 0.5) is 0 Å². The number of nitrogens with zero attached hydrogens (tertiary/aromatic N) is 1. The van der Waals surface area contributed by atoms with E-state index in [0.29, 0.717) is 12.2 Å². The summed E-state index contributed by atoms with van der Waals surface area (Å²) < 4.78 is 13.9. The van der Waals surface area contributed by atoms with Gasteiger partial charge in [-0.25, -0.2) is 4.79 Å². The number of ether oxygens (including phenoxy) is 2. The molecule has 0 aliphatic carbocycles. The van der Waals surface area contributed by atoms with Crippen molar-refractivity contribution in [3.8, 4) is 0 Å². The van der Waals surface area contributed by atoms with Gasteiger partial charge in [0.25, 0.3) is 5.91 Å². The number of aryl methyl sites for hydroxylation is 1. The molecule has 136 valence electrons. The lowest BCUT2D eigenvalue weighted by molar-refractivity contribution is -0.132. The van der Waals surface area contributed by atoms with Gasteiger partial charge >= 0.3 is 5.97 Å². The zero-order valence-electron chi connectivity index (χ0n) is 14.8. The first-order valence-corrected chi connectivity index (χ1v) is 9.48. The average molecular weight is 364 g/mol. The van der Waals surface area contributed by atoms with Gasteiger partial charge in [-0.05, 0) is 36.3 Å². The van der Waals surface area contributed by atoms with Crippen molar-refractivity contribution in [3.63, 3.8) is 0 Å². The molecule has 0 radical (unpaired) electrons. The van der Waals surface area contributed by atoms with Crippen molar-refractivity contribution in [3.05, 3.63) is 23.2 Å². The average Bonchev–Trinajstić information content (AvgIpc) is 3.29. The summed E-state index contributed by atoms with van der Waals surface area (Å²) in [6.07, 6.45) is 1.22. The van der Waals surface area contributed by atoms with E-state index in [0.717, 1.165) is 29.7 Å². The topological polar surface area (TPSA) is 69.6 Å². The second-order valence-corrected chi connectivity index (χ2v) is 7.66. The lowest BCUT2D eigenvalue weighted by atomic mass is 10.1. The van der Waals surface area contributed by atoms with Crippen LogP contribution in [0.2, 0.25) is 0 Å². The molecule has 2 aromatic heterocycles. The zero-order valence-corrected chi connectivity index (χ0v) is 15.6. The number of amides is 1. The van der Waals surface area contributed by atoms with E-state index in [1.807, 2.05) is 38.4 Å². The SMILES string of the molecule is CC(C)[C@@H](OC(=O)c1cc2sccc2n1C)C(=O)NC[C@H]1CCCO1. The highest BCUT2D eigenvalue weighted by Gasteiger charge is 2.29. The number of aromatic nitrogens is 1. The molecule has 1 amide bonds. The van der Waals surface area contributed by atoms with E-state index in [-0.39, 0.29) is 17.9 Å². The first-order chi connectivity index (χ1) is 12.0. The summed E-state index contributed by atoms with van der Waals surface area (Å²) >= 11 is 1.57. The Bertz CT molecular complexity index is 758. The Labute approximate surface area is 151 Å². The molecule has 1 aliphatic rings. The van der Waals surface area contributed by atoms with Gasteiger partial charge in [-0.2, -0.15) is 0 Å². The minimum Gasteiger partial charge on any atom is -0.447 e. The molecule has 0 saturated carbocycles. The summed E-state index contributed by atoms with van der Waals surface area (Å²) in [6.45, 7) is 4.94. The van der Waals surface area contributed by atoms with Crippen LogP contribution in [0.15, 0.2) is 17.5 Å². The third kappa shape index (κ3) is 3.88. The second-order valence-electron chi connectivity index (χ2n) is 6.71. The largest absolute Gasteiger partial charge is 0.447 e. The normalized spacial score (nSPS) is 18.6. The maximum atomic E-state index is 12.6. The van der Waals surface area contributed by atoms with E-state index in [1.54, 1.807) is 15.9 Å². The maximum Gasteiger partial charge on any atom is 0.355 e. The lowest BCUT2D eigenvalue weighted by Gasteiger charge is -2.21. The van der Waals surface area contributed by atoms with E-state index in [2.05, 4.69) is 5.32 Å². The van der Waals surface area contributed by atoms with Crippen molar-refractivity contribution in [2.24, 2.45) is 13.0 Å². The van der Waals surface area contributed by atoms with Crippen LogP contribution < -0.4 is 5.32 Å². The quantitative estimate of drug-likeness (QED) is 0.800. The molecule has 0 unspecified atom stereocenters. The van der Waals surface area contributed by atoms with Crippen molar-refractivity contribution >= 4 is 33.4 Å². The van der Waals surface area contributed by atoms with Gasteiger partial charge in [-0.3, -0.25) is 4.79 Å². The number of thiophene rings is 1. The van der Waals surface area contributed by atoms with Crippen molar-refractivity contribution in [1.29, 1.82) is 0 Å². The standard InChI is InChI=1S/C18H24N2O4S/c1-11(2)16(17(21)19-10-12-5-4-7-23-12)24-18(22)14-9-15-13(20(14)3)6-8-25-15/h6,8-9,11-12,16H,4-5,7,10H2,1-3H3,(H,19,21)/t12-,16-/m1/s1. The summed E-state index contributed by atoms with van der Waals surface area (Å²) in [5.74, 6) is -0.860. The highest BCUT2D eigenvalue weighted by atomic mass is 32.1. The van der Waals surface area contributed by atoms with Crippen LogP contribution in [0.1, 0.15) is 37.2 Å². The van der Waals surface area contributed by atoms with E-state index in [1.165, 1.54) is 0 Å². The van der Waals surface area contributed by atoms with Gasteiger partial charge < -0.3 is 19.4 Å². The fraction of sp³-hybridized carbons (Fsp3) is 0.556. The molecule has 0 bridgehead atoms. The molecule has 3 heterocycles. The summed E-state index contributed by atoms with van der Waals surface area (Å²) in [5.41, 5.74) is 1.44. The van der Waals surface area contributed by atoms with Crippen molar-refractivity contribution < 1.29 is 19.1 Å². The van der Waals surface area contributed by atoms with E-state index in [4.69, 9.17) is 9.47 Å². The van der Waals surface area contributed by atoms with Gasteiger partial charge in [-0.1, -0.05) is 13.8 Å². The molecular formula is C18H24N2O4S. The maximum absolute atomic E-state index is 12.6. The Balaban J connectivity index is 1.65. The molecule has 1 N–H and O–H groups in total. The van der Waals surface area contributed by atoms with Crippen LogP contribution >= 0.6 is 11.3 Å². The number of carbonyl (C=O) groups excluding carboxylic acids is 2. The monoisotopic (exact) mass is 364 g/mol. The molecule has 1 saturated heterocycles. The molecule has 25 heavy (non-hydrogen) atoms. The highest BCUT2D eigenvalue weighted by molar-refractivity contribution is 7.17. The number of esters is 1. The van der Waals surface area contributed by atoms with Gasteiger partial charge in [0.05, 0.1) is 16.3 Å². The third-order valence-corrected chi connectivity index (χ3v) is 5.35. The Morgan fingerprint density at radius 1 is 1.48 bits per heavy atom. The smallest absolute Gasteiger partial charge is 0.355 e. The fourth-order valence-corrected chi connectivity index (χ4v) is 3.88. The van der Waals surface area contributed by atoms with Crippen LogP contribution in [0.5, 0.6) is 0 Å². The van der Waals surface area contributed by atoms with Crippen molar-refractivity contribution in [2.75, 3.05) is 13.2 Å². The highest BCUT2D eigenvalue weighted by Crippen LogP contribution is 2.25. The number of carbonyl (C=O) groups is 2. The zero-order chi connectivity index (χ0) is 18.0. The molecule has 0 aromatic carbocycles. The summed E-state index contributed by atoms with van der Waals surface area (Å²) in [5, 5.41) is 4.83. The third-order valence-electron chi connectivity index (χ3n) is 4.50. The van der Waals surface area contributed by atoms with E-state index in [9.17, 15) is 9.59 Å². The van der Waals surface area contributed by atoms with Gasteiger partial charge in [-0.15, -0.1) is 11.3 Å². The van der Waals surface area contributed by atoms with Crippen molar-refractivity contribution in [1.82, 2.24) is 9.88 Å². The number of nitrogens with one attached hydrogen (secondary N) is 1. The summed E-state index contributed by atoms with van der Waals surface area (Å²) in [7, 11) is 1.83. The molecule has 0 spiro atoms. The first kappa shape index (κ1) is 17.9. The predicted octanol–water partition coefficient (Wildman–Crippen LogP) is 2.72. The van der Waals surface area contributed by atoms with Crippen LogP contribution in [-0.4, -0.2) is 41.8 Å². The second kappa shape index (κ2) is 7.58. The summed E-state index contributed by atoms with van der Waals surface area (Å²) in [4.78, 5) is 25.0. The van der Waals surface area contributed by atoms with Crippen molar-refractivity contribution in [2.45, 2.75) is 38.9 Å². The minimum absolute atomic E-state index is 0.0622. The summed E-state index contributed by atoms with van der Waals surface area (Å²) in [6, 6.07) is 3.77. The number of fused-ring (bicyclic) bond motifs is 1. The molecule has 1 fully saturated rings. The van der Waals surface area contributed by atoms with Gasteiger partial charge in [0.15, 0.2) is 6.10 Å². The Hall–Kier alpha value is -1.86. The van der Waals surface area contributed by atoms with E-state index >= 15 is 0 Å². The number of rotatable bonds is 6. The van der Waals surface area contributed by atoms with Gasteiger partial charge in [0, 0.05) is 20.2 Å². The van der Waals surface area contributed by atoms with E-state index < -0.39 is 12.1 Å². The minimum atomic E-state index is -0.818. The molecule has 3 rings (SSSR count). The van der Waals surface area contributed by atoms with Crippen LogP contribution in [-0.2, 0) is 21.3 Å². The van der Waals surface area contributed by atoms with Gasteiger partial charge in [0.2, 0.25) is 0 Å². The molecule has 2 aromatic rings. The first-order valence-electron chi connectivity index (χ1n) is 8.60. The fourth-order valence-electron chi connectivity index (χ4n) is 3.03. The molecule has 7 heteroatoms. The van der Waals surface area contributed by atoms with Crippen LogP contribution in [0.25, 0.3) is 10.2 Å². The Morgan fingerprint density at radius 2 is 2.28 bits per heavy atom. The van der Waals surface area contributed by atoms with Gasteiger partial charge in [0.1, 0.15) is 5.69 Å². The molecule has 2 atom stereocenters. The van der Waals surface area contributed by atoms with Crippen LogP contribution in [0.3, 0.4) is 0 Å². The molecule has 1 aliphatic heterocycles. The Kier molecular flexibility index (Phi) is 5.44. The predicted molar refractivity (Wildman–Crippen MR) is 96.8 cm³/mol. The molecule has 6 nitrogen and oxygen atoms in total. The number of hydrogen-bond acceptors (Lipinski definition) is 5. The molecular weight excluding hydrogens is 340 g/mol. The van der Waals surface area contributed by atoms with Crippen LogP contribution in [0, 0.1) is 5.92 Å². The Morgan fingerprint density at radius 3 is 2.92 bits per heavy atom. The lowest BCUT2D eigenvalue weighted by Crippen LogP contribution is -2.43.